The Morgan fingerprint density at radius 3 is 2.51 bits per heavy atom. The zero-order valence-electron chi connectivity index (χ0n) is 20.9. The topological polar surface area (TPSA) is 105 Å². The summed E-state index contributed by atoms with van der Waals surface area (Å²) >= 11 is 0.851. The molecule has 16 heteroatoms. The molecule has 1 N–H and O–H groups in total. The molecule has 5 rings (SSSR count). The molecule has 1 amide bonds. The maximum atomic E-state index is 14.8. The van der Waals surface area contributed by atoms with Crippen molar-refractivity contribution in [1.82, 2.24) is 24.6 Å². The Bertz CT molecular complexity index is 1740. The highest BCUT2D eigenvalue weighted by molar-refractivity contribution is 7.91. The molecule has 0 saturated carbocycles. The van der Waals surface area contributed by atoms with Gasteiger partial charge in [-0.2, -0.15) is 17.5 Å². The fourth-order valence-electron chi connectivity index (χ4n) is 4.47. The van der Waals surface area contributed by atoms with E-state index in [0.717, 1.165) is 40.3 Å². The van der Waals surface area contributed by atoms with Crippen LogP contribution in [0.4, 0.5) is 26.3 Å². The number of carbonyl (C=O) groups excluding carboxylic acids is 1. The van der Waals surface area contributed by atoms with Crippen molar-refractivity contribution >= 4 is 37.4 Å². The predicted molar refractivity (Wildman–Crippen MR) is 138 cm³/mol. The van der Waals surface area contributed by atoms with E-state index in [4.69, 9.17) is 0 Å². The van der Waals surface area contributed by atoms with Crippen molar-refractivity contribution in [3.05, 3.63) is 71.9 Å². The number of amides is 1. The van der Waals surface area contributed by atoms with Crippen molar-refractivity contribution in [2.24, 2.45) is 0 Å². The molecule has 4 aromatic rings. The number of halogens is 6. The molecule has 3 aromatic heterocycles. The summed E-state index contributed by atoms with van der Waals surface area (Å²) in [5.74, 6) is -3.67. The highest BCUT2D eigenvalue weighted by Crippen LogP contribution is 2.38. The molecule has 0 radical (unpaired) electrons. The normalized spacial score (nSPS) is 20.0. The Labute approximate surface area is 234 Å². The number of aromatic nitrogens is 3. The summed E-state index contributed by atoms with van der Waals surface area (Å²) in [5, 5.41) is 2.75. The Kier molecular flexibility index (Phi) is 7.50. The Balaban J connectivity index is 0.00000405. The highest BCUT2D eigenvalue weighted by Gasteiger charge is 2.49. The van der Waals surface area contributed by atoms with Gasteiger partial charge in [-0.05, 0) is 42.6 Å². The monoisotopic (exact) mass is 617 g/mol. The van der Waals surface area contributed by atoms with Crippen LogP contribution in [0, 0.1) is 11.6 Å². The van der Waals surface area contributed by atoms with Crippen LogP contribution in [-0.4, -0.2) is 51.8 Å². The summed E-state index contributed by atoms with van der Waals surface area (Å²) < 4.78 is 109. The van der Waals surface area contributed by atoms with Crippen molar-refractivity contribution in [2.45, 2.75) is 48.5 Å². The van der Waals surface area contributed by atoms with Crippen LogP contribution in [0.1, 0.15) is 26.2 Å². The lowest BCUT2D eigenvalue weighted by Gasteiger charge is -2.26. The second-order valence-corrected chi connectivity index (χ2v) is 12.4. The quantitative estimate of drug-likeness (QED) is 0.302. The van der Waals surface area contributed by atoms with E-state index < -0.39 is 70.8 Å². The maximum absolute atomic E-state index is 14.8. The van der Waals surface area contributed by atoms with E-state index in [-0.39, 0.29) is 22.5 Å². The van der Waals surface area contributed by atoms with Gasteiger partial charge in [-0.15, -0.1) is 11.3 Å². The van der Waals surface area contributed by atoms with Gasteiger partial charge in [-0.3, -0.25) is 9.78 Å². The molecule has 0 bridgehead atoms. The molecule has 1 fully saturated rings. The van der Waals surface area contributed by atoms with Gasteiger partial charge in [0.15, 0.2) is 0 Å². The lowest BCUT2D eigenvalue weighted by atomic mass is 10.1. The number of pyridine rings is 1. The van der Waals surface area contributed by atoms with Gasteiger partial charge >= 0.3 is 6.18 Å². The molecule has 0 unspecified atom stereocenters. The van der Waals surface area contributed by atoms with Gasteiger partial charge in [-0.1, -0.05) is 0 Å². The smallest absolute Gasteiger partial charge is 0.351 e. The number of hydrogen-bond donors (Lipinski definition) is 1. The number of sulfonamides is 1. The largest absolute Gasteiger partial charge is 0.451 e. The Morgan fingerprint density at radius 2 is 1.83 bits per heavy atom. The minimum atomic E-state index is -4.75. The van der Waals surface area contributed by atoms with Crippen LogP contribution in [0.25, 0.3) is 21.3 Å². The molecule has 1 aliphatic heterocycles. The number of alkyl halides is 4. The van der Waals surface area contributed by atoms with Gasteiger partial charge in [0.25, 0.3) is 10.0 Å². The van der Waals surface area contributed by atoms with Crippen molar-refractivity contribution in [2.75, 3.05) is 0 Å². The van der Waals surface area contributed by atoms with Crippen LogP contribution in [0.15, 0.2) is 53.1 Å². The van der Waals surface area contributed by atoms with E-state index >= 15 is 0 Å². The van der Waals surface area contributed by atoms with E-state index in [1.165, 1.54) is 31.2 Å². The van der Waals surface area contributed by atoms with Crippen LogP contribution in [0.2, 0.25) is 0 Å². The summed E-state index contributed by atoms with van der Waals surface area (Å²) in [6.07, 6.45) is -4.34. The molecule has 218 valence electrons. The third-order valence-electron chi connectivity index (χ3n) is 6.56. The number of benzene rings is 1. The number of rotatable bonds is 6. The van der Waals surface area contributed by atoms with Crippen LogP contribution in [-0.2, 0) is 27.5 Å². The number of nitrogens with one attached hydrogen (secondary N) is 1. The summed E-state index contributed by atoms with van der Waals surface area (Å²) in [6.45, 7) is 0.864. The summed E-state index contributed by atoms with van der Waals surface area (Å²) in [4.78, 5) is 23.4. The predicted octanol–water partition coefficient (Wildman–Crippen LogP) is 5.10. The maximum Gasteiger partial charge on any atom is 0.451 e. The molecule has 4 heterocycles. The average molecular weight is 618 g/mol. The lowest BCUT2D eigenvalue weighted by molar-refractivity contribution is -0.145. The molecule has 8 nitrogen and oxygen atoms in total. The van der Waals surface area contributed by atoms with Gasteiger partial charge in [-0.25, -0.2) is 31.6 Å². The number of carbonyl (C=O) groups is 1. The Hall–Kier alpha value is -3.63. The van der Waals surface area contributed by atoms with Crippen molar-refractivity contribution < 1.29 is 41.0 Å². The fraction of sp³-hybridized carbons (Fsp3) is 0.280. The lowest BCUT2D eigenvalue weighted by Crippen LogP contribution is -2.48. The standard InChI is InChI=1S/C25H19F6N5O3S2.H2/c1-12-17(27)7-20(36(12)41(38,39)22-6-13-4-16(26)2-3-21(13)40-22)23(37)33-8-14-5-19(32-11-18(14)28)15-9-34-24(35-10-15)25(29,30)31;/h2-6,9-12,17,20H,7-8H2,1H3,(H,33,37);1H/t12-,17+,20-;/m0./s1. The SMILES string of the molecule is C[C@H]1[C@H](F)C[C@@H](C(=O)NCc2cc(-c3cnc(C(F)(F)F)nc3)ncc2F)N1S(=O)(=O)c1cc2cc(F)ccc2s1.[HH]. The zero-order valence-corrected chi connectivity index (χ0v) is 22.5. The van der Waals surface area contributed by atoms with Gasteiger partial charge in [0, 0.05) is 42.6 Å². The van der Waals surface area contributed by atoms with E-state index in [1.807, 2.05) is 0 Å². The van der Waals surface area contributed by atoms with E-state index in [1.54, 1.807) is 0 Å². The summed E-state index contributed by atoms with van der Waals surface area (Å²) in [7, 11) is -4.39. The van der Waals surface area contributed by atoms with Crippen LogP contribution < -0.4 is 5.32 Å². The fourth-order valence-corrected chi connectivity index (χ4v) is 7.76. The van der Waals surface area contributed by atoms with Crippen molar-refractivity contribution in [3.8, 4) is 11.3 Å². The molecular weight excluding hydrogens is 596 g/mol. The molecule has 0 aliphatic carbocycles. The number of fused-ring (bicyclic) bond motifs is 1. The summed E-state index contributed by atoms with van der Waals surface area (Å²) in [5.41, 5.74) is -0.0453. The molecule has 1 aromatic carbocycles. The third kappa shape index (κ3) is 5.63. The van der Waals surface area contributed by atoms with Gasteiger partial charge in [0.1, 0.15) is 28.1 Å². The Morgan fingerprint density at radius 1 is 1.12 bits per heavy atom. The van der Waals surface area contributed by atoms with Crippen molar-refractivity contribution in [3.63, 3.8) is 0 Å². The second kappa shape index (κ2) is 10.6. The van der Waals surface area contributed by atoms with E-state index in [0.29, 0.717) is 10.1 Å². The molecule has 3 atom stereocenters. The molecule has 1 saturated heterocycles. The molecule has 1 aliphatic rings. The zero-order chi connectivity index (χ0) is 29.7. The number of thiophene rings is 1. The van der Waals surface area contributed by atoms with E-state index in [2.05, 4.69) is 20.3 Å². The first-order valence-electron chi connectivity index (χ1n) is 11.9. The minimum absolute atomic E-state index is 0. The van der Waals surface area contributed by atoms with Gasteiger partial charge in [0.05, 0.1) is 17.9 Å². The third-order valence-corrected chi connectivity index (χ3v) is 10.1. The molecule has 41 heavy (non-hydrogen) atoms. The first-order valence-corrected chi connectivity index (χ1v) is 14.2. The molecular formula is C25H21F6N5O3S2. The first-order chi connectivity index (χ1) is 19.3. The second-order valence-electron chi connectivity index (χ2n) is 9.26. The van der Waals surface area contributed by atoms with E-state index in [9.17, 15) is 39.6 Å². The van der Waals surface area contributed by atoms with Gasteiger partial charge in [0.2, 0.25) is 11.7 Å². The number of hydrogen-bond acceptors (Lipinski definition) is 7. The summed E-state index contributed by atoms with van der Waals surface area (Å²) in [6, 6.07) is 3.52. The van der Waals surface area contributed by atoms with Crippen LogP contribution in [0.3, 0.4) is 0 Å². The van der Waals surface area contributed by atoms with Gasteiger partial charge < -0.3 is 5.32 Å². The van der Waals surface area contributed by atoms with Crippen LogP contribution in [0.5, 0.6) is 0 Å². The highest BCUT2D eigenvalue weighted by atomic mass is 32.2. The number of nitrogens with zero attached hydrogens (tertiary/aromatic N) is 4. The average Bonchev–Trinajstić information content (AvgIpc) is 3.48. The minimum Gasteiger partial charge on any atom is -0.351 e. The molecule has 0 spiro atoms. The first kappa shape index (κ1) is 28.9. The van der Waals surface area contributed by atoms with Crippen LogP contribution >= 0.6 is 11.3 Å². The van der Waals surface area contributed by atoms with Crippen molar-refractivity contribution in [1.29, 1.82) is 0 Å².